The number of hydrogen-bond donors (Lipinski definition) is 0. The van der Waals surface area contributed by atoms with Crippen LogP contribution in [0.1, 0.15) is 5.56 Å². The second kappa shape index (κ2) is 4.55. The third-order valence-corrected chi connectivity index (χ3v) is 3.14. The topological polar surface area (TPSA) is 66.1 Å². The standard InChI is InChI=1S/C8H7ClFN3OS/c1-15(14,13-5-11)4-6-2-7(10)8(9)12-3-6/h2-3H,4H2,1H3/t15-/m0/s1. The fourth-order valence-corrected chi connectivity index (χ4v) is 2.08. The van der Waals surface area contributed by atoms with E-state index in [4.69, 9.17) is 16.9 Å². The van der Waals surface area contributed by atoms with Gasteiger partial charge in [0.15, 0.2) is 11.0 Å². The maximum absolute atomic E-state index is 13.0. The van der Waals surface area contributed by atoms with Crippen LogP contribution in [0.25, 0.3) is 0 Å². The highest BCUT2D eigenvalue weighted by Gasteiger charge is 2.07. The number of nitriles is 1. The summed E-state index contributed by atoms with van der Waals surface area (Å²) in [6.45, 7) is 0. The van der Waals surface area contributed by atoms with E-state index in [0.717, 1.165) is 6.07 Å². The maximum Gasteiger partial charge on any atom is 0.214 e. The molecule has 1 aromatic rings. The van der Waals surface area contributed by atoms with E-state index in [2.05, 4.69) is 9.35 Å². The van der Waals surface area contributed by atoms with Crippen LogP contribution in [0.15, 0.2) is 16.6 Å². The zero-order valence-corrected chi connectivity index (χ0v) is 9.35. The van der Waals surface area contributed by atoms with Gasteiger partial charge in [-0.15, -0.1) is 4.36 Å². The molecule has 0 amide bonds. The van der Waals surface area contributed by atoms with Crippen LogP contribution in [0.3, 0.4) is 0 Å². The van der Waals surface area contributed by atoms with Crippen LogP contribution in [0.4, 0.5) is 4.39 Å². The molecular formula is C8H7ClFN3OS. The van der Waals surface area contributed by atoms with Crippen LogP contribution in [-0.4, -0.2) is 15.4 Å². The number of pyridine rings is 1. The Morgan fingerprint density at radius 1 is 1.80 bits per heavy atom. The summed E-state index contributed by atoms with van der Waals surface area (Å²) in [4.78, 5) is 3.56. The minimum absolute atomic E-state index is 0.0261. The van der Waals surface area contributed by atoms with Gasteiger partial charge in [0.2, 0.25) is 6.19 Å². The molecule has 0 aliphatic carbocycles. The zero-order chi connectivity index (χ0) is 11.5. The second-order valence-electron chi connectivity index (χ2n) is 2.91. The predicted octanol–water partition coefficient (Wildman–Crippen LogP) is 1.95. The summed E-state index contributed by atoms with van der Waals surface area (Å²) in [5, 5.41) is 8.03. The first kappa shape index (κ1) is 11.9. The first-order valence-electron chi connectivity index (χ1n) is 3.82. The second-order valence-corrected chi connectivity index (χ2v) is 5.66. The molecule has 0 saturated carbocycles. The molecule has 1 atom stereocenters. The van der Waals surface area contributed by atoms with Crippen molar-refractivity contribution >= 4 is 21.3 Å². The molecule has 1 heterocycles. The molecule has 7 heteroatoms. The molecule has 1 rings (SSSR count). The lowest BCUT2D eigenvalue weighted by Crippen LogP contribution is -2.01. The van der Waals surface area contributed by atoms with Gasteiger partial charge in [0, 0.05) is 12.5 Å². The average molecular weight is 248 g/mol. The molecule has 0 aromatic carbocycles. The van der Waals surface area contributed by atoms with Gasteiger partial charge in [0.1, 0.15) is 0 Å². The van der Waals surface area contributed by atoms with E-state index >= 15 is 0 Å². The number of aromatic nitrogens is 1. The van der Waals surface area contributed by atoms with Crippen LogP contribution in [0, 0.1) is 17.3 Å². The molecule has 80 valence electrons. The van der Waals surface area contributed by atoms with E-state index in [1.807, 2.05) is 0 Å². The third-order valence-electron chi connectivity index (χ3n) is 1.52. The third kappa shape index (κ3) is 3.46. The smallest absolute Gasteiger partial charge is 0.214 e. The van der Waals surface area contributed by atoms with Crippen molar-refractivity contribution in [1.82, 2.24) is 4.98 Å². The predicted molar refractivity (Wildman–Crippen MR) is 55.0 cm³/mol. The monoisotopic (exact) mass is 247 g/mol. The Balaban J connectivity index is 3.03. The van der Waals surface area contributed by atoms with Crippen molar-refractivity contribution in [2.75, 3.05) is 6.26 Å². The van der Waals surface area contributed by atoms with E-state index in [9.17, 15) is 8.60 Å². The Kier molecular flexibility index (Phi) is 3.61. The molecule has 0 fully saturated rings. The Bertz CT molecular complexity index is 531. The van der Waals surface area contributed by atoms with E-state index in [1.54, 1.807) is 0 Å². The van der Waals surface area contributed by atoms with Crippen molar-refractivity contribution in [3.05, 3.63) is 28.8 Å². The SMILES string of the molecule is C[S@](=O)(Cc1cnc(Cl)c(F)c1)=NC#N. The summed E-state index contributed by atoms with van der Waals surface area (Å²) in [5.74, 6) is -0.705. The summed E-state index contributed by atoms with van der Waals surface area (Å²) in [6, 6.07) is 1.13. The highest BCUT2D eigenvalue weighted by molar-refractivity contribution is 7.92. The van der Waals surface area contributed by atoms with Gasteiger partial charge >= 0.3 is 0 Å². The van der Waals surface area contributed by atoms with Crippen molar-refractivity contribution in [2.45, 2.75) is 5.75 Å². The van der Waals surface area contributed by atoms with Crippen molar-refractivity contribution in [1.29, 1.82) is 5.26 Å². The number of rotatable bonds is 2. The van der Waals surface area contributed by atoms with E-state index in [1.165, 1.54) is 18.6 Å². The van der Waals surface area contributed by atoms with Crippen molar-refractivity contribution in [2.24, 2.45) is 4.36 Å². The largest absolute Gasteiger partial charge is 0.249 e. The van der Waals surface area contributed by atoms with Crippen LogP contribution < -0.4 is 0 Å². The Labute approximate surface area is 91.9 Å². The summed E-state index contributed by atoms with van der Waals surface area (Å²) >= 11 is 5.38. The van der Waals surface area contributed by atoms with Gasteiger partial charge in [-0.3, -0.25) is 0 Å². The van der Waals surface area contributed by atoms with Crippen LogP contribution >= 0.6 is 11.6 Å². The molecule has 0 spiro atoms. The molecule has 0 N–H and O–H groups in total. The molecule has 4 nitrogen and oxygen atoms in total. The molecule has 0 unspecified atom stereocenters. The van der Waals surface area contributed by atoms with Gasteiger partial charge in [-0.05, 0) is 11.6 Å². The summed E-state index contributed by atoms with van der Waals surface area (Å²) in [7, 11) is -2.65. The van der Waals surface area contributed by atoms with Gasteiger partial charge < -0.3 is 0 Å². The van der Waals surface area contributed by atoms with E-state index in [0.29, 0.717) is 5.56 Å². The van der Waals surface area contributed by atoms with Crippen LogP contribution in [0.5, 0.6) is 0 Å². The zero-order valence-electron chi connectivity index (χ0n) is 7.78. The van der Waals surface area contributed by atoms with Crippen molar-refractivity contribution in [3.63, 3.8) is 0 Å². The first-order valence-corrected chi connectivity index (χ1v) is 6.29. The molecule has 0 aliphatic heterocycles. The average Bonchev–Trinajstić information content (AvgIpc) is 2.10. The molecule has 0 radical (unpaired) electrons. The number of nitrogens with zero attached hydrogens (tertiary/aromatic N) is 3. The molecule has 0 bridgehead atoms. The van der Waals surface area contributed by atoms with E-state index < -0.39 is 15.5 Å². The lowest BCUT2D eigenvalue weighted by atomic mass is 10.3. The highest BCUT2D eigenvalue weighted by Crippen LogP contribution is 2.14. The summed E-state index contributed by atoms with van der Waals surface area (Å²) in [6.07, 6.45) is 4.09. The maximum atomic E-state index is 13.0. The van der Waals surface area contributed by atoms with Crippen LogP contribution in [-0.2, 0) is 15.5 Å². The van der Waals surface area contributed by atoms with Gasteiger partial charge in [-0.2, -0.15) is 5.26 Å². The molecule has 0 saturated heterocycles. The Morgan fingerprint density at radius 3 is 3.00 bits per heavy atom. The quantitative estimate of drug-likeness (QED) is 0.593. The number of hydrogen-bond acceptors (Lipinski definition) is 4. The Hall–Kier alpha value is -1.19. The van der Waals surface area contributed by atoms with E-state index in [-0.39, 0.29) is 10.9 Å². The molecular weight excluding hydrogens is 241 g/mol. The molecule has 0 aliphatic rings. The Morgan fingerprint density at radius 2 is 2.47 bits per heavy atom. The number of halogens is 2. The fourth-order valence-electron chi connectivity index (χ4n) is 0.968. The normalized spacial score (nSPS) is 14.0. The van der Waals surface area contributed by atoms with Crippen molar-refractivity contribution < 1.29 is 8.60 Å². The highest BCUT2D eigenvalue weighted by atomic mass is 35.5. The summed E-state index contributed by atoms with van der Waals surface area (Å²) in [5.41, 5.74) is 0.392. The minimum Gasteiger partial charge on any atom is -0.249 e. The molecule has 15 heavy (non-hydrogen) atoms. The van der Waals surface area contributed by atoms with Gasteiger partial charge in [-0.1, -0.05) is 11.6 Å². The lowest BCUT2D eigenvalue weighted by Gasteiger charge is -2.02. The summed E-state index contributed by atoms with van der Waals surface area (Å²) < 4.78 is 27.8. The lowest BCUT2D eigenvalue weighted by molar-refractivity contribution is 0.620. The van der Waals surface area contributed by atoms with Crippen LogP contribution in [0.2, 0.25) is 5.15 Å². The van der Waals surface area contributed by atoms with Gasteiger partial charge in [-0.25, -0.2) is 13.6 Å². The first-order chi connectivity index (χ1) is 6.94. The molecule has 1 aromatic heterocycles. The minimum atomic E-state index is -2.65. The van der Waals surface area contributed by atoms with Gasteiger partial charge in [0.25, 0.3) is 0 Å². The van der Waals surface area contributed by atoms with Crippen molar-refractivity contribution in [3.8, 4) is 6.19 Å². The fraction of sp³-hybridized carbons (Fsp3) is 0.250. The van der Waals surface area contributed by atoms with Gasteiger partial charge in [0.05, 0.1) is 15.5 Å².